The van der Waals surface area contributed by atoms with E-state index in [1.54, 1.807) is 0 Å². The molecule has 1 fully saturated rings. The fourth-order valence-electron chi connectivity index (χ4n) is 5.54. The highest BCUT2D eigenvalue weighted by atomic mass is 16.5. The number of nitrogens with one attached hydrogen (secondary N) is 1. The van der Waals surface area contributed by atoms with Crippen LogP contribution in [0.1, 0.15) is 96.6 Å². The Bertz CT molecular complexity index is 856. The van der Waals surface area contributed by atoms with Crippen LogP contribution in [0.5, 0.6) is 11.5 Å². The van der Waals surface area contributed by atoms with Gasteiger partial charge in [0.2, 0.25) is 5.91 Å². The molecule has 4 rings (SSSR count). The van der Waals surface area contributed by atoms with Gasteiger partial charge in [-0.2, -0.15) is 0 Å². The van der Waals surface area contributed by atoms with E-state index in [0.29, 0.717) is 18.2 Å². The Hall–Kier alpha value is -1.97. The number of fused-ring (bicyclic) bond motifs is 3. The summed E-state index contributed by atoms with van der Waals surface area (Å²) in [6.07, 6.45) is 9.43. The highest BCUT2D eigenvalue weighted by molar-refractivity contribution is 5.94. The van der Waals surface area contributed by atoms with E-state index in [-0.39, 0.29) is 28.8 Å². The van der Waals surface area contributed by atoms with E-state index in [1.807, 2.05) is 6.07 Å². The number of aromatic hydroxyl groups is 1. The number of hydrogen-bond acceptors (Lipinski definition) is 3. The van der Waals surface area contributed by atoms with Crippen molar-refractivity contribution in [2.24, 2.45) is 5.92 Å². The first-order chi connectivity index (χ1) is 14.1. The molecule has 2 aliphatic carbocycles. The fourth-order valence-corrected chi connectivity index (χ4v) is 5.54. The molecule has 1 aromatic carbocycles. The van der Waals surface area contributed by atoms with Crippen molar-refractivity contribution in [1.29, 1.82) is 0 Å². The molecule has 2 N–H and O–H groups in total. The predicted molar refractivity (Wildman–Crippen MR) is 120 cm³/mol. The molecule has 4 nitrogen and oxygen atoms in total. The number of amides is 1. The molecule has 0 radical (unpaired) electrons. The van der Waals surface area contributed by atoms with Gasteiger partial charge in [0.05, 0.1) is 0 Å². The molecule has 0 spiro atoms. The maximum Gasteiger partial charge on any atom is 0.247 e. The number of carbonyl (C=O) groups excluding carboxylic acids is 1. The van der Waals surface area contributed by atoms with Gasteiger partial charge in [0, 0.05) is 29.0 Å². The van der Waals surface area contributed by atoms with Crippen LogP contribution < -0.4 is 10.1 Å². The number of rotatable bonds is 2. The van der Waals surface area contributed by atoms with Crippen LogP contribution in [-0.2, 0) is 10.2 Å². The molecule has 164 valence electrons. The maximum absolute atomic E-state index is 13.0. The Morgan fingerprint density at radius 1 is 1.17 bits per heavy atom. The number of carbonyl (C=O) groups is 1. The van der Waals surface area contributed by atoms with Crippen LogP contribution in [0.2, 0.25) is 0 Å². The SMILES string of the molecule is CC(C)(C)c1cc(O)c2c(c1)OC(C)(C)[C@@H]1CC=C(C(=O)NC3CCCCC3)CC21. The van der Waals surface area contributed by atoms with Crippen LogP contribution in [0.15, 0.2) is 23.8 Å². The second-order valence-corrected chi connectivity index (χ2v) is 11.1. The zero-order chi connectivity index (χ0) is 21.7. The number of allylic oxidation sites excluding steroid dienone is 1. The van der Waals surface area contributed by atoms with Crippen molar-refractivity contribution in [2.75, 3.05) is 0 Å². The Labute approximate surface area is 181 Å². The first kappa shape index (κ1) is 21.3. The van der Waals surface area contributed by atoms with E-state index in [1.165, 1.54) is 19.3 Å². The lowest BCUT2D eigenvalue weighted by Crippen LogP contribution is -2.46. The summed E-state index contributed by atoms with van der Waals surface area (Å²) in [4.78, 5) is 13.0. The van der Waals surface area contributed by atoms with E-state index in [4.69, 9.17) is 4.74 Å². The summed E-state index contributed by atoms with van der Waals surface area (Å²) in [5.41, 5.74) is 2.39. The van der Waals surface area contributed by atoms with Gasteiger partial charge in [-0.3, -0.25) is 4.79 Å². The van der Waals surface area contributed by atoms with Crippen LogP contribution in [0, 0.1) is 5.92 Å². The van der Waals surface area contributed by atoms with Crippen molar-refractivity contribution < 1.29 is 14.6 Å². The van der Waals surface area contributed by atoms with E-state index in [2.05, 4.69) is 52.1 Å². The first-order valence-electron chi connectivity index (χ1n) is 11.6. The molecule has 0 bridgehead atoms. The average molecular weight is 412 g/mol. The summed E-state index contributed by atoms with van der Waals surface area (Å²) in [5, 5.41) is 14.3. The van der Waals surface area contributed by atoms with E-state index < -0.39 is 0 Å². The summed E-state index contributed by atoms with van der Waals surface area (Å²) >= 11 is 0. The van der Waals surface area contributed by atoms with Crippen LogP contribution >= 0.6 is 0 Å². The third kappa shape index (κ3) is 3.98. The molecule has 30 heavy (non-hydrogen) atoms. The largest absolute Gasteiger partial charge is 0.508 e. The van der Waals surface area contributed by atoms with E-state index in [0.717, 1.165) is 41.7 Å². The molecule has 1 amide bonds. The minimum atomic E-state index is -0.345. The summed E-state index contributed by atoms with van der Waals surface area (Å²) < 4.78 is 6.43. The molecule has 1 aliphatic heterocycles. The summed E-state index contributed by atoms with van der Waals surface area (Å²) in [6, 6.07) is 4.29. The first-order valence-corrected chi connectivity index (χ1v) is 11.6. The van der Waals surface area contributed by atoms with E-state index in [9.17, 15) is 9.90 Å². The van der Waals surface area contributed by atoms with Gasteiger partial charge in [-0.15, -0.1) is 0 Å². The van der Waals surface area contributed by atoms with Gasteiger partial charge in [-0.1, -0.05) is 46.1 Å². The zero-order valence-electron chi connectivity index (χ0n) is 19.2. The second-order valence-electron chi connectivity index (χ2n) is 11.1. The summed E-state index contributed by atoms with van der Waals surface area (Å²) in [7, 11) is 0. The van der Waals surface area contributed by atoms with Gasteiger partial charge < -0.3 is 15.2 Å². The van der Waals surface area contributed by atoms with Gasteiger partial charge in [-0.05, 0) is 62.6 Å². The van der Waals surface area contributed by atoms with Crippen LogP contribution in [-0.4, -0.2) is 22.7 Å². The second kappa shape index (κ2) is 7.62. The third-order valence-corrected chi connectivity index (χ3v) is 7.40. The van der Waals surface area contributed by atoms with Crippen molar-refractivity contribution in [3.63, 3.8) is 0 Å². The van der Waals surface area contributed by atoms with Crippen LogP contribution in [0.3, 0.4) is 0 Å². The normalized spacial score (nSPS) is 26.1. The molecule has 1 heterocycles. The monoisotopic (exact) mass is 411 g/mol. The van der Waals surface area contributed by atoms with Gasteiger partial charge in [0.1, 0.15) is 17.1 Å². The molecule has 2 atom stereocenters. The molecule has 3 aliphatic rings. The molecular formula is C26H37NO3. The Morgan fingerprint density at radius 3 is 2.53 bits per heavy atom. The summed E-state index contributed by atoms with van der Waals surface area (Å²) in [6.45, 7) is 10.7. The number of hydrogen-bond donors (Lipinski definition) is 2. The van der Waals surface area contributed by atoms with Crippen molar-refractivity contribution in [2.45, 2.75) is 103 Å². The minimum Gasteiger partial charge on any atom is -0.508 e. The molecule has 0 saturated heterocycles. The maximum atomic E-state index is 13.0. The highest BCUT2D eigenvalue weighted by Crippen LogP contribution is 2.54. The quantitative estimate of drug-likeness (QED) is 0.653. The van der Waals surface area contributed by atoms with Gasteiger partial charge >= 0.3 is 0 Å². The van der Waals surface area contributed by atoms with Gasteiger partial charge in [0.15, 0.2) is 0 Å². The van der Waals surface area contributed by atoms with Crippen LogP contribution in [0.4, 0.5) is 0 Å². The molecule has 1 aromatic rings. The summed E-state index contributed by atoms with van der Waals surface area (Å²) in [5.74, 6) is 1.49. The number of phenols is 1. The number of benzene rings is 1. The average Bonchev–Trinajstić information content (AvgIpc) is 2.66. The Balaban J connectivity index is 1.63. The smallest absolute Gasteiger partial charge is 0.247 e. The molecule has 4 heteroatoms. The minimum absolute atomic E-state index is 0.0750. The van der Waals surface area contributed by atoms with Crippen molar-refractivity contribution in [1.82, 2.24) is 5.32 Å². The van der Waals surface area contributed by atoms with Crippen molar-refractivity contribution in [3.05, 3.63) is 34.9 Å². The van der Waals surface area contributed by atoms with Gasteiger partial charge in [0.25, 0.3) is 0 Å². The Kier molecular flexibility index (Phi) is 5.40. The lowest BCUT2D eigenvalue weighted by molar-refractivity contribution is -0.118. The molecule has 1 unspecified atom stereocenters. The topological polar surface area (TPSA) is 58.6 Å². The number of phenolic OH excluding ortho intramolecular Hbond substituents is 1. The van der Waals surface area contributed by atoms with Gasteiger partial charge in [-0.25, -0.2) is 0 Å². The Morgan fingerprint density at radius 2 is 1.87 bits per heavy atom. The molecule has 0 aromatic heterocycles. The van der Waals surface area contributed by atoms with Crippen LogP contribution in [0.25, 0.3) is 0 Å². The zero-order valence-corrected chi connectivity index (χ0v) is 19.2. The van der Waals surface area contributed by atoms with Crippen molar-refractivity contribution >= 4 is 5.91 Å². The molecular weight excluding hydrogens is 374 g/mol. The lowest BCUT2D eigenvalue weighted by Gasteiger charge is -2.47. The standard InChI is InChI=1S/C26H37NO3/c1-25(2,3)17-14-21(28)23-19-13-16(24(29)27-18-9-7-6-8-10-18)11-12-20(19)26(4,5)30-22(23)15-17/h11,14-15,18-20,28H,6-10,12-13H2,1-5H3,(H,27,29)/t19?,20-/m1/s1. The lowest BCUT2D eigenvalue weighted by atomic mass is 9.66. The van der Waals surface area contributed by atoms with Crippen molar-refractivity contribution in [3.8, 4) is 11.5 Å². The number of ether oxygens (including phenoxy) is 1. The highest BCUT2D eigenvalue weighted by Gasteiger charge is 2.47. The predicted octanol–water partition coefficient (Wildman–Crippen LogP) is 5.73. The molecule has 1 saturated carbocycles. The van der Waals surface area contributed by atoms with E-state index >= 15 is 0 Å². The fraction of sp³-hybridized carbons (Fsp3) is 0.654. The third-order valence-electron chi connectivity index (χ3n) is 7.40.